The number of nitrogens with zero attached hydrogens (tertiary/aromatic N) is 5. The second-order valence-corrected chi connectivity index (χ2v) is 7.50. The van der Waals surface area contributed by atoms with Gasteiger partial charge in [-0.1, -0.05) is 13.8 Å². The van der Waals surface area contributed by atoms with Crippen molar-refractivity contribution in [2.45, 2.75) is 33.2 Å². The summed E-state index contributed by atoms with van der Waals surface area (Å²) in [5, 5.41) is 7.94. The molecule has 0 spiro atoms. The normalized spacial score (nSPS) is 12.8. The highest BCUT2D eigenvalue weighted by molar-refractivity contribution is 7.16. The largest absolute Gasteiger partial charge is 0.296 e. The third-order valence-electron chi connectivity index (χ3n) is 4.04. The fourth-order valence-electron chi connectivity index (χ4n) is 2.97. The van der Waals surface area contributed by atoms with Crippen molar-refractivity contribution in [1.29, 1.82) is 0 Å². The van der Waals surface area contributed by atoms with Gasteiger partial charge in [0, 0.05) is 35.1 Å². The molecule has 0 aromatic carbocycles. The van der Waals surface area contributed by atoms with Crippen LogP contribution in [0.5, 0.6) is 0 Å². The van der Waals surface area contributed by atoms with Gasteiger partial charge in [-0.3, -0.25) is 19.8 Å². The highest BCUT2D eigenvalue weighted by Crippen LogP contribution is 2.38. The second kappa shape index (κ2) is 6.36. The number of aromatic nitrogens is 5. The highest BCUT2D eigenvalue weighted by atomic mass is 32.1. The van der Waals surface area contributed by atoms with Crippen molar-refractivity contribution in [2.75, 3.05) is 5.32 Å². The number of carbonyl (C=O) groups excluding carboxylic acids is 1. The monoisotopic (exact) mass is 354 g/mol. The first-order chi connectivity index (χ1) is 12.1. The van der Waals surface area contributed by atoms with Crippen molar-refractivity contribution in [3.05, 3.63) is 41.1 Å². The average molecular weight is 354 g/mol. The maximum absolute atomic E-state index is 12.2. The van der Waals surface area contributed by atoms with E-state index in [1.54, 1.807) is 0 Å². The molecule has 25 heavy (non-hydrogen) atoms. The molecule has 1 aliphatic rings. The molecular formula is C17H18N6OS. The van der Waals surface area contributed by atoms with Gasteiger partial charge in [-0.25, -0.2) is 9.97 Å². The first-order valence-electron chi connectivity index (χ1n) is 8.24. The number of nitrogens with one attached hydrogen (secondary N) is 1. The van der Waals surface area contributed by atoms with Crippen molar-refractivity contribution >= 4 is 22.4 Å². The van der Waals surface area contributed by atoms with Crippen LogP contribution in [-0.2, 0) is 19.4 Å². The second-order valence-electron chi connectivity index (χ2n) is 6.42. The molecule has 3 aromatic rings. The molecule has 0 aliphatic heterocycles. The standard InChI is InChI=1S/C17H18N6OS/c1-10(2)9-23-13-3-4-14-15(11(13)7-20-23)21-17(25-14)22-16(24)12-8-18-5-6-19-12/h5-8,10H,3-4,9H2,1-2H3,(H,21,22,24). The maximum atomic E-state index is 12.2. The molecule has 1 aliphatic carbocycles. The quantitative estimate of drug-likeness (QED) is 0.779. The highest BCUT2D eigenvalue weighted by Gasteiger charge is 2.25. The van der Waals surface area contributed by atoms with Gasteiger partial charge in [0.25, 0.3) is 5.91 Å². The van der Waals surface area contributed by atoms with Crippen molar-refractivity contribution in [2.24, 2.45) is 5.92 Å². The van der Waals surface area contributed by atoms with Crippen LogP contribution >= 0.6 is 11.3 Å². The summed E-state index contributed by atoms with van der Waals surface area (Å²) in [6.45, 7) is 5.28. The van der Waals surface area contributed by atoms with E-state index in [2.05, 4.69) is 43.9 Å². The smallest absolute Gasteiger partial charge is 0.277 e. The van der Waals surface area contributed by atoms with E-state index in [0.29, 0.717) is 11.0 Å². The molecule has 7 nitrogen and oxygen atoms in total. The molecule has 0 fully saturated rings. The Morgan fingerprint density at radius 1 is 1.32 bits per heavy atom. The van der Waals surface area contributed by atoms with Gasteiger partial charge < -0.3 is 0 Å². The molecule has 1 N–H and O–H groups in total. The Morgan fingerprint density at radius 2 is 2.20 bits per heavy atom. The Balaban J connectivity index is 1.60. The predicted molar refractivity (Wildman–Crippen MR) is 95.6 cm³/mol. The van der Waals surface area contributed by atoms with Gasteiger partial charge in [0.15, 0.2) is 5.13 Å². The molecule has 0 unspecified atom stereocenters. The minimum atomic E-state index is -0.296. The van der Waals surface area contributed by atoms with Gasteiger partial charge in [0.2, 0.25) is 0 Å². The third-order valence-corrected chi connectivity index (χ3v) is 5.07. The number of hydrogen-bond acceptors (Lipinski definition) is 6. The number of thiazole rings is 1. The number of anilines is 1. The number of carbonyl (C=O) groups is 1. The lowest BCUT2D eigenvalue weighted by Gasteiger charge is -2.14. The Bertz CT molecular complexity index is 915. The van der Waals surface area contributed by atoms with Crippen LogP contribution < -0.4 is 5.32 Å². The average Bonchev–Trinajstić information content (AvgIpc) is 3.18. The predicted octanol–water partition coefficient (Wildman–Crippen LogP) is 2.80. The van der Waals surface area contributed by atoms with Gasteiger partial charge >= 0.3 is 0 Å². The number of amides is 1. The summed E-state index contributed by atoms with van der Waals surface area (Å²) in [7, 11) is 0. The zero-order chi connectivity index (χ0) is 17.4. The lowest BCUT2D eigenvalue weighted by molar-refractivity contribution is 0.102. The van der Waals surface area contributed by atoms with Crippen LogP contribution in [0.3, 0.4) is 0 Å². The Morgan fingerprint density at radius 3 is 2.96 bits per heavy atom. The van der Waals surface area contributed by atoms with Gasteiger partial charge in [-0.05, 0) is 18.8 Å². The van der Waals surface area contributed by atoms with E-state index >= 15 is 0 Å². The fraction of sp³-hybridized carbons (Fsp3) is 0.353. The molecule has 1 amide bonds. The maximum Gasteiger partial charge on any atom is 0.277 e. The summed E-state index contributed by atoms with van der Waals surface area (Å²) in [5.41, 5.74) is 3.54. The molecule has 0 saturated carbocycles. The SMILES string of the molecule is CC(C)Cn1ncc2c1CCc1sc(NC(=O)c3cnccn3)nc1-2. The lowest BCUT2D eigenvalue weighted by atomic mass is 10.0. The summed E-state index contributed by atoms with van der Waals surface area (Å²) in [6.07, 6.45) is 8.24. The summed E-state index contributed by atoms with van der Waals surface area (Å²) in [4.78, 5) is 26.0. The fourth-order valence-corrected chi connectivity index (χ4v) is 3.94. The van der Waals surface area contributed by atoms with E-state index in [1.807, 2.05) is 6.20 Å². The van der Waals surface area contributed by atoms with Crippen molar-refractivity contribution in [1.82, 2.24) is 24.7 Å². The zero-order valence-corrected chi connectivity index (χ0v) is 14.9. The lowest BCUT2D eigenvalue weighted by Crippen LogP contribution is -2.13. The molecule has 3 aromatic heterocycles. The number of hydrogen-bond donors (Lipinski definition) is 1. The van der Waals surface area contributed by atoms with Crippen LogP contribution in [0.2, 0.25) is 0 Å². The summed E-state index contributed by atoms with van der Waals surface area (Å²) in [5.74, 6) is 0.248. The molecule has 4 rings (SSSR count). The van der Waals surface area contributed by atoms with Crippen LogP contribution in [0.4, 0.5) is 5.13 Å². The minimum Gasteiger partial charge on any atom is -0.296 e. The Kier molecular flexibility index (Phi) is 4.04. The number of fused-ring (bicyclic) bond motifs is 3. The number of aryl methyl sites for hydroxylation is 1. The minimum absolute atomic E-state index is 0.279. The van der Waals surface area contributed by atoms with Crippen LogP contribution in [0.25, 0.3) is 11.3 Å². The van der Waals surface area contributed by atoms with E-state index < -0.39 is 0 Å². The van der Waals surface area contributed by atoms with Crippen LogP contribution in [-0.4, -0.2) is 30.6 Å². The molecule has 0 bridgehead atoms. The van der Waals surface area contributed by atoms with Gasteiger partial charge in [-0.2, -0.15) is 5.10 Å². The third kappa shape index (κ3) is 3.05. The molecule has 3 heterocycles. The molecule has 8 heteroatoms. The van der Waals surface area contributed by atoms with E-state index in [0.717, 1.165) is 30.6 Å². The first-order valence-corrected chi connectivity index (χ1v) is 9.05. The summed E-state index contributed by atoms with van der Waals surface area (Å²) >= 11 is 1.52. The van der Waals surface area contributed by atoms with Gasteiger partial charge in [0.05, 0.1) is 18.1 Å². The first kappa shape index (κ1) is 15.9. The van der Waals surface area contributed by atoms with Crippen molar-refractivity contribution < 1.29 is 4.79 Å². The van der Waals surface area contributed by atoms with Crippen LogP contribution in [0.15, 0.2) is 24.8 Å². The Labute approximate surface area is 149 Å². The molecule has 0 radical (unpaired) electrons. The molecule has 128 valence electrons. The summed E-state index contributed by atoms with van der Waals surface area (Å²) in [6, 6.07) is 0. The molecule has 0 atom stereocenters. The van der Waals surface area contributed by atoms with Crippen LogP contribution in [0.1, 0.15) is 34.9 Å². The van der Waals surface area contributed by atoms with E-state index in [9.17, 15) is 4.79 Å². The molecular weight excluding hydrogens is 336 g/mol. The van der Waals surface area contributed by atoms with E-state index in [1.165, 1.54) is 40.5 Å². The van der Waals surface area contributed by atoms with Crippen LogP contribution in [0, 0.1) is 5.92 Å². The molecule has 0 saturated heterocycles. The Hall–Kier alpha value is -2.61. The van der Waals surface area contributed by atoms with E-state index in [4.69, 9.17) is 0 Å². The van der Waals surface area contributed by atoms with Crippen molar-refractivity contribution in [3.8, 4) is 11.3 Å². The number of rotatable bonds is 4. The summed E-state index contributed by atoms with van der Waals surface area (Å²) < 4.78 is 2.08. The van der Waals surface area contributed by atoms with E-state index in [-0.39, 0.29) is 11.6 Å². The van der Waals surface area contributed by atoms with Crippen molar-refractivity contribution in [3.63, 3.8) is 0 Å². The zero-order valence-electron chi connectivity index (χ0n) is 14.1. The topological polar surface area (TPSA) is 85.6 Å². The van der Waals surface area contributed by atoms with Gasteiger partial charge in [0.1, 0.15) is 5.69 Å². The van der Waals surface area contributed by atoms with Gasteiger partial charge in [-0.15, -0.1) is 11.3 Å².